The van der Waals surface area contributed by atoms with Gasteiger partial charge in [-0.2, -0.15) is 0 Å². The van der Waals surface area contributed by atoms with Crippen molar-refractivity contribution in [2.24, 2.45) is 7.05 Å². The topological polar surface area (TPSA) is 55.4 Å². The van der Waals surface area contributed by atoms with Gasteiger partial charge in [0.25, 0.3) is 0 Å². The molecule has 0 atom stereocenters. The first-order valence-corrected chi connectivity index (χ1v) is 4.67. The normalized spacial score (nSPS) is 12.6. The highest BCUT2D eigenvalue weighted by Gasteiger charge is 2.27. The summed E-state index contributed by atoms with van der Waals surface area (Å²) in [5.41, 5.74) is 3.34. The van der Waals surface area contributed by atoms with Crippen molar-refractivity contribution in [2.75, 3.05) is 0 Å². The Balaban J connectivity index is 2.28. The first kappa shape index (κ1) is 8.35. The molecule has 2 heterocycles. The van der Waals surface area contributed by atoms with E-state index in [1.807, 2.05) is 6.07 Å². The minimum atomic E-state index is -0.892. The van der Waals surface area contributed by atoms with Crippen molar-refractivity contribution in [3.63, 3.8) is 0 Å². The van der Waals surface area contributed by atoms with E-state index in [1.165, 1.54) is 0 Å². The summed E-state index contributed by atoms with van der Waals surface area (Å²) < 4.78 is 7.02. The van der Waals surface area contributed by atoms with Crippen molar-refractivity contribution in [1.82, 2.24) is 4.57 Å². The maximum absolute atomic E-state index is 10.9. The summed E-state index contributed by atoms with van der Waals surface area (Å²) in [4.78, 5) is 10.9. The second-order valence-corrected chi connectivity index (χ2v) is 3.70. The van der Waals surface area contributed by atoms with Gasteiger partial charge in [0.2, 0.25) is 0 Å². The average Bonchev–Trinajstić information content (AvgIpc) is 2.76. The summed E-state index contributed by atoms with van der Waals surface area (Å²) >= 11 is 0. The van der Waals surface area contributed by atoms with Crippen molar-refractivity contribution in [3.05, 3.63) is 35.4 Å². The van der Waals surface area contributed by atoms with Crippen LogP contribution in [-0.4, -0.2) is 15.6 Å². The third kappa shape index (κ3) is 0.932. The molecule has 0 saturated carbocycles. The second kappa shape index (κ2) is 2.53. The molecule has 2 aromatic rings. The lowest BCUT2D eigenvalue weighted by Gasteiger charge is -2.01. The molecule has 0 amide bonds. The lowest BCUT2D eigenvalue weighted by Crippen LogP contribution is -2.04. The number of carboxylic acid groups (broad SMARTS) is 1. The number of fused-ring (bicyclic) bond motifs is 3. The highest BCUT2D eigenvalue weighted by atomic mass is 16.4. The van der Waals surface area contributed by atoms with E-state index < -0.39 is 5.97 Å². The number of hydrogen-bond acceptors (Lipinski definition) is 2. The lowest BCUT2D eigenvalue weighted by molar-refractivity contribution is 0.0686. The molecule has 0 radical (unpaired) electrons. The molecule has 0 fully saturated rings. The van der Waals surface area contributed by atoms with Crippen LogP contribution in [0, 0.1) is 0 Å². The van der Waals surface area contributed by atoms with Crippen LogP contribution in [0.1, 0.15) is 21.8 Å². The van der Waals surface area contributed by atoms with Gasteiger partial charge in [-0.15, -0.1) is 0 Å². The van der Waals surface area contributed by atoms with E-state index in [2.05, 4.69) is 0 Å². The molecule has 4 nitrogen and oxygen atoms in total. The van der Waals surface area contributed by atoms with Crippen LogP contribution in [0.2, 0.25) is 0 Å². The summed E-state index contributed by atoms with van der Waals surface area (Å²) in [7, 11) is 1.77. The zero-order valence-corrected chi connectivity index (χ0v) is 8.15. The molecule has 0 aliphatic heterocycles. The molecule has 1 N–H and O–H groups in total. The Morgan fingerprint density at radius 2 is 2.40 bits per heavy atom. The zero-order valence-electron chi connectivity index (χ0n) is 8.15. The van der Waals surface area contributed by atoms with Crippen LogP contribution in [-0.2, 0) is 13.5 Å². The average molecular weight is 203 g/mol. The maximum atomic E-state index is 10.9. The van der Waals surface area contributed by atoms with Gasteiger partial charge in [-0.05, 0) is 17.7 Å². The highest BCUT2D eigenvalue weighted by Crippen LogP contribution is 2.38. The van der Waals surface area contributed by atoms with Gasteiger partial charge in [0.1, 0.15) is 11.5 Å². The van der Waals surface area contributed by atoms with Crippen molar-refractivity contribution in [2.45, 2.75) is 6.42 Å². The zero-order chi connectivity index (χ0) is 10.6. The largest absolute Gasteiger partial charge is 0.477 e. The fourth-order valence-corrected chi connectivity index (χ4v) is 2.22. The van der Waals surface area contributed by atoms with Crippen molar-refractivity contribution in [1.29, 1.82) is 0 Å². The van der Waals surface area contributed by atoms with Crippen LogP contribution >= 0.6 is 0 Å². The fourth-order valence-electron chi connectivity index (χ4n) is 2.22. The van der Waals surface area contributed by atoms with Gasteiger partial charge in [-0.25, -0.2) is 4.79 Å². The van der Waals surface area contributed by atoms with Crippen molar-refractivity contribution in [3.8, 4) is 11.3 Å². The predicted molar refractivity (Wildman–Crippen MR) is 52.9 cm³/mol. The molecule has 0 bridgehead atoms. The van der Waals surface area contributed by atoms with Gasteiger partial charge in [-0.3, -0.25) is 0 Å². The SMILES string of the molecule is Cn1c(C(=O)O)cc2c1-c1ccoc1C2. The molecular weight excluding hydrogens is 194 g/mol. The maximum Gasteiger partial charge on any atom is 0.352 e. The van der Waals surface area contributed by atoms with Crippen molar-refractivity contribution < 1.29 is 14.3 Å². The van der Waals surface area contributed by atoms with E-state index >= 15 is 0 Å². The summed E-state index contributed by atoms with van der Waals surface area (Å²) in [5, 5.41) is 8.98. The first-order chi connectivity index (χ1) is 7.18. The number of carboxylic acids is 1. The van der Waals surface area contributed by atoms with Crippen LogP contribution < -0.4 is 0 Å². The van der Waals surface area contributed by atoms with Crippen LogP contribution in [0.25, 0.3) is 11.3 Å². The number of rotatable bonds is 1. The van der Waals surface area contributed by atoms with E-state index in [0.717, 1.165) is 22.6 Å². The van der Waals surface area contributed by atoms with Crippen LogP contribution in [0.5, 0.6) is 0 Å². The number of aromatic carboxylic acids is 1. The lowest BCUT2D eigenvalue weighted by atomic mass is 10.2. The Labute approximate surface area is 85.7 Å². The predicted octanol–water partition coefficient (Wildman–Crippen LogP) is 1.89. The monoisotopic (exact) mass is 203 g/mol. The third-order valence-electron chi connectivity index (χ3n) is 2.88. The van der Waals surface area contributed by atoms with E-state index in [-0.39, 0.29) is 0 Å². The Kier molecular flexibility index (Phi) is 1.41. The molecule has 15 heavy (non-hydrogen) atoms. The Bertz CT molecular complexity index is 562. The molecule has 0 unspecified atom stereocenters. The molecule has 0 saturated heterocycles. The molecule has 1 aliphatic carbocycles. The van der Waals surface area contributed by atoms with Gasteiger partial charge in [-0.1, -0.05) is 0 Å². The standard InChI is InChI=1S/C11H9NO3/c1-12-8(11(13)14)4-6-5-9-7(10(6)12)2-3-15-9/h2-4H,5H2,1H3,(H,13,14). The van der Waals surface area contributed by atoms with Gasteiger partial charge < -0.3 is 14.1 Å². The van der Waals surface area contributed by atoms with E-state index in [9.17, 15) is 4.79 Å². The summed E-state index contributed by atoms with van der Waals surface area (Å²) in [5.74, 6) is 0.0319. The van der Waals surface area contributed by atoms with Crippen LogP contribution in [0.4, 0.5) is 0 Å². The number of nitrogens with zero attached hydrogens (tertiary/aromatic N) is 1. The number of furan rings is 1. The smallest absolute Gasteiger partial charge is 0.352 e. The Hall–Kier alpha value is -1.97. The molecule has 3 rings (SSSR count). The quantitative estimate of drug-likeness (QED) is 0.657. The van der Waals surface area contributed by atoms with E-state index in [0.29, 0.717) is 12.1 Å². The molecule has 0 aromatic carbocycles. The summed E-state index contributed by atoms with van der Waals surface area (Å²) in [6, 6.07) is 3.60. The van der Waals surface area contributed by atoms with Gasteiger partial charge in [0.15, 0.2) is 0 Å². The Morgan fingerprint density at radius 1 is 1.60 bits per heavy atom. The van der Waals surface area contributed by atoms with E-state index in [4.69, 9.17) is 9.52 Å². The molecule has 76 valence electrons. The van der Waals surface area contributed by atoms with Crippen LogP contribution in [0.3, 0.4) is 0 Å². The molecule has 2 aromatic heterocycles. The Morgan fingerprint density at radius 3 is 3.13 bits per heavy atom. The van der Waals surface area contributed by atoms with Crippen LogP contribution in [0.15, 0.2) is 22.8 Å². The van der Waals surface area contributed by atoms with Gasteiger partial charge >= 0.3 is 5.97 Å². The number of aromatic nitrogens is 1. The molecule has 4 heteroatoms. The minimum Gasteiger partial charge on any atom is -0.477 e. The minimum absolute atomic E-state index is 0.326. The fraction of sp³-hybridized carbons (Fsp3) is 0.182. The second-order valence-electron chi connectivity index (χ2n) is 3.70. The molecule has 1 aliphatic rings. The first-order valence-electron chi connectivity index (χ1n) is 4.67. The van der Waals surface area contributed by atoms with Gasteiger partial charge in [0, 0.05) is 19.0 Å². The number of carbonyl (C=O) groups is 1. The van der Waals surface area contributed by atoms with Gasteiger partial charge in [0.05, 0.1) is 12.0 Å². The summed E-state index contributed by atoms with van der Waals surface area (Å²) in [6.07, 6.45) is 2.33. The highest BCUT2D eigenvalue weighted by molar-refractivity contribution is 5.89. The van der Waals surface area contributed by atoms with Crippen molar-refractivity contribution >= 4 is 5.97 Å². The van der Waals surface area contributed by atoms with E-state index in [1.54, 1.807) is 23.9 Å². The third-order valence-corrected chi connectivity index (χ3v) is 2.88. The molecular formula is C11H9NO3. The number of hydrogen-bond donors (Lipinski definition) is 1. The summed E-state index contributed by atoms with van der Waals surface area (Å²) in [6.45, 7) is 0. The molecule has 0 spiro atoms.